The SMILES string of the molecule is CCOC(=O)c1ccc(N[C@@H]2SC(=O)N(CCC(=O)[O-])C2=O)cc1. The Balaban J connectivity index is 1.98. The van der Waals surface area contributed by atoms with Crippen molar-refractivity contribution in [1.29, 1.82) is 0 Å². The summed E-state index contributed by atoms with van der Waals surface area (Å²) in [7, 11) is 0. The summed E-state index contributed by atoms with van der Waals surface area (Å²) in [4.78, 5) is 46.8. The van der Waals surface area contributed by atoms with Crippen LogP contribution in [0.15, 0.2) is 24.3 Å². The van der Waals surface area contributed by atoms with Gasteiger partial charge in [-0.1, -0.05) is 0 Å². The molecule has 1 fully saturated rings. The van der Waals surface area contributed by atoms with Crippen molar-refractivity contribution in [3.63, 3.8) is 0 Å². The quantitative estimate of drug-likeness (QED) is 0.703. The van der Waals surface area contributed by atoms with Crippen LogP contribution in [0.4, 0.5) is 10.5 Å². The average molecular weight is 351 g/mol. The van der Waals surface area contributed by atoms with E-state index in [-0.39, 0.29) is 13.2 Å². The number of imide groups is 1. The topological polar surface area (TPSA) is 116 Å². The standard InChI is InChI=1S/C15H16N2O6S/c1-2-23-14(21)9-3-5-10(6-4-9)16-12-13(20)17(15(22)24-12)8-7-11(18)19/h3-6,12,16H,2,7-8H2,1H3,(H,18,19)/p-1/t12-/m1/s1. The van der Waals surface area contributed by atoms with Gasteiger partial charge in [0.25, 0.3) is 11.1 Å². The molecule has 0 saturated carbocycles. The van der Waals surface area contributed by atoms with Crippen molar-refractivity contribution in [1.82, 2.24) is 4.90 Å². The molecule has 0 radical (unpaired) electrons. The number of nitrogens with zero attached hydrogens (tertiary/aromatic N) is 1. The summed E-state index contributed by atoms with van der Waals surface area (Å²) in [6.45, 7) is 1.77. The van der Waals surface area contributed by atoms with Gasteiger partial charge in [0.1, 0.15) is 0 Å². The minimum absolute atomic E-state index is 0.215. The van der Waals surface area contributed by atoms with Crippen LogP contribution in [-0.4, -0.2) is 46.5 Å². The molecule has 1 aliphatic rings. The number of nitrogens with one attached hydrogen (secondary N) is 1. The van der Waals surface area contributed by atoms with E-state index in [4.69, 9.17) is 4.74 Å². The molecule has 8 nitrogen and oxygen atoms in total. The molecule has 9 heteroatoms. The lowest BCUT2D eigenvalue weighted by Gasteiger charge is -2.15. The maximum Gasteiger partial charge on any atom is 0.338 e. The van der Waals surface area contributed by atoms with E-state index in [9.17, 15) is 24.3 Å². The van der Waals surface area contributed by atoms with Crippen LogP contribution in [0.1, 0.15) is 23.7 Å². The maximum atomic E-state index is 12.1. The average Bonchev–Trinajstić information content (AvgIpc) is 2.80. The van der Waals surface area contributed by atoms with E-state index >= 15 is 0 Å². The van der Waals surface area contributed by atoms with Crippen LogP contribution in [-0.2, 0) is 14.3 Å². The molecule has 0 aliphatic carbocycles. The Morgan fingerprint density at radius 1 is 1.29 bits per heavy atom. The van der Waals surface area contributed by atoms with Crippen molar-refractivity contribution in [3.05, 3.63) is 29.8 Å². The van der Waals surface area contributed by atoms with Gasteiger partial charge in [0.2, 0.25) is 0 Å². The van der Waals surface area contributed by atoms with E-state index in [0.717, 1.165) is 16.7 Å². The fraction of sp³-hybridized carbons (Fsp3) is 0.333. The number of hydrogen-bond acceptors (Lipinski definition) is 8. The molecule has 24 heavy (non-hydrogen) atoms. The largest absolute Gasteiger partial charge is 0.550 e. The number of aliphatic carboxylic acids is 1. The first-order chi connectivity index (χ1) is 11.4. The number of carboxylic acid groups (broad SMARTS) is 1. The highest BCUT2D eigenvalue weighted by Crippen LogP contribution is 2.28. The third-order valence-corrected chi connectivity index (χ3v) is 4.14. The molecular formula is C15H15N2O6S-. The Bertz CT molecular complexity index is 660. The van der Waals surface area contributed by atoms with Gasteiger partial charge in [-0.25, -0.2) is 4.79 Å². The van der Waals surface area contributed by atoms with Crippen molar-refractivity contribution in [2.45, 2.75) is 18.7 Å². The molecule has 2 amide bonds. The third-order valence-electron chi connectivity index (χ3n) is 3.16. The van der Waals surface area contributed by atoms with Crippen molar-refractivity contribution >= 4 is 40.5 Å². The molecule has 1 N–H and O–H groups in total. The molecule has 1 heterocycles. The highest BCUT2D eigenvalue weighted by molar-refractivity contribution is 8.15. The lowest BCUT2D eigenvalue weighted by atomic mass is 10.2. The summed E-state index contributed by atoms with van der Waals surface area (Å²) in [5.41, 5.74) is 0.919. The van der Waals surface area contributed by atoms with Gasteiger partial charge >= 0.3 is 5.97 Å². The van der Waals surface area contributed by atoms with Gasteiger partial charge in [0.15, 0.2) is 5.37 Å². The molecule has 0 aromatic heterocycles. The number of esters is 1. The van der Waals surface area contributed by atoms with Gasteiger partial charge in [-0.15, -0.1) is 0 Å². The Kier molecular flexibility index (Phi) is 5.80. The smallest absolute Gasteiger partial charge is 0.338 e. The molecule has 0 bridgehead atoms. The van der Waals surface area contributed by atoms with E-state index in [1.807, 2.05) is 0 Å². The molecular weight excluding hydrogens is 336 g/mol. The van der Waals surface area contributed by atoms with Crippen molar-refractivity contribution in [2.24, 2.45) is 0 Å². The van der Waals surface area contributed by atoms with Gasteiger partial charge in [0.05, 0.1) is 12.2 Å². The van der Waals surface area contributed by atoms with E-state index in [1.165, 1.54) is 0 Å². The number of carbonyl (C=O) groups is 4. The molecule has 2 rings (SSSR count). The van der Waals surface area contributed by atoms with Gasteiger partial charge in [0, 0.05) is 24.6 Å². The zero-order valence-electron chi connectivity index (χ0n) is 12.8. The number of carbonyl (C=O) groups excluding carboxylic acids is 4. The Hall–Kier alpha value is -2.55. The normalized spacial score (nSPS) is 17.0. The van der Waals surface area contributed by atoms with Crippen LogP contribution in [0.5, 0.6) is 0 Å². The van der Waals surface area contributed by atoms with Gasteiger partial charge < -0.3 is 20.0 Å². The number of ether oxygens (including phenoxy) is 1. The summed E-state index contributed by atoms with van der Waals surface area (Å²) in [6.07, 6.45) is -0.404. The number of thioether (sulfide) groups is 1. The molecule has 1 atom stereocenters. The molecule has 0 spiro atoms. The summed E-state index contributed by atoms with van der Waals surface area (Å²) in [5, 5.41) is 12.0. The van der Waals surface area contributed by atoms with Crippen LogP contribution < -0.4 is 10.4 Å². The minimum atomic E-state index is -1.33. The zero-order chi connectivity index (χ0) is 17.7. The van der Waals surface area contributed by atoms with Gasteiger partial charge in [-0.2, -0.15) is 0 Å². The van der Waals surface area contributed by atoms with Crippen LogP contribution in [0, 0.1) is 0 Å². The first kappa shape index (κ1) is 17.8. The molecule has 1 aromatic rings. The van der Waals surface area contributed by atoms with Crippen molar-refractivity contribution in [3.8, 4) is 0 Å². The van der Waals surface area contributed by atoms with Gasteiger partial charge in [-0.3, -0.25) is 14.5 Å². The van der Waals surface area contributed by atoms with Crippen molar-refractivity contribution in [2.75, 3.05) is 18.5 Å². The summed E-state index contributed by atoms with van der Waals surface area (Å²) >= 11 is 0.768. The second-order valence-electron chi connectivity index (χ2n) is 4.82. The highest BCUT2D eigenvalue weighted by atomic mass is 32.2. The van der Waals surface area contributed by atoms with E-state index in [2.05, 4.69) is 5.32 Å². The number of benzene rings is 1. The molecule has 1 aliphatic heterocycles. The second kappa shape index (κ2) is 7.82. The van der Waals surface area contributed by atoms with E-state index in [0.29, 0.717) is 11.3 Å². The lowest BCUT2D eigenvalue weighted by Crippen LogP contribution is -2.37. The fourth-order valence-corrected chi connectivity index (χ4v) is 2.94. The Morgan fingerprint density at radius 2 is 1.96 bits per heavy atom. The summed E-state index contributed by atoms with van der Waals surface area (Å²) in [6, 6.07) is 6.27. The molecule has 1 aromatic carbocycles. The third kappa shape index (κ3) is 4.25. The van der Waals surface area contributed by atoms with Crippen LogP contribution in [0.3, 0.4) is 0 Å². The first-order valence-corrected chi connectivity index (χ1v) is 8.06. The van der Waals surface area contributed by atoms with Crippen molar-refractivity contribution < 1.29 is 29.0 Å². The van der Waals surface area contributed by atoms with E-state index < -0.39 is 34.9 Å². The molecule has 0 unspecified atom stereocenters. The first-order valence-electron chi connectivity index (χ1n) is 7.18. The zero-order valence-corrected chi connectivity index (χ0v) is 13.6. The number of rotatable bonds is 7. The highest BCUT2D eigenvalue weighted by Gasteiger charge is 2.39. The fourth-order valence-electron chi connectivity index (χ4n) is 2.01. The minimum Gasteiger partial charge on any atom is -0.550 e. The molecule has 1 saturated heterocycles. The van der Waals surface area contributed by atoms with E-state index in [1.54, 1.807) is 31.2 Å². The number of amides is 2. The molecule has 128 valence electrons. The lowest BCUT2D eigenvalue weighted by molar-refractivity contribution is -0.305. The summed E-state index contributed by atoms with van der Waals surface area (Å²) < 4.78 is 4.87. The number of hydrogen-bond donors (Lipinski definition) is 1. The van der Waals surface area contributed by atoms with Crippen LogP contribution in [0.25, 0.3) is 0 Å². The monoisotopic (exact) mass is 351 g/mol. The maximum absolute atomic E-state index is 12.1. The van der Waals surface area contributed by atoms with Crippen LogP contribution >= 0.6 is 11.8 Å². The summed E-state index contributed by atoms with van der Waals surface area (Å²) in [5.74, 6) is -2.29. The predicted molar refractivity (Wildman–Crippen MR) is 84.1 cm³/mol. The van der Waals surface area contributed by atoms with Gasteiger partial charge in [-0.05, 0) is 43.0 Å². The van der Waals surface area contributed by atoms with Crippen LogP contribution in [0.2, 0.25) is 0 Å². The Labute approximate surface area is 142 Å². The Morgan fingerprint density at radius 3 is 2.54 bits per heavy atom. The second-order valence-corrected chi connectivity index (χ2v) is 5.87. The number of carboxylic acids is 1. The predicted octanol–water partition coefficient (Wildman–Crippen LogP) is 0.437. The number of anilines is 1.